The van der Waals surface area contributed by atoms with E-state index in [0.29, 0.717) is 22.5 Å². The zero-order valence-electron chi connectivity index (χ0n) is 35.5. The van der Waals surface area contributed by atoms with E-state index in [1.165, 1.54) is 0 Å². The number of nitrogens with zero attached hydrogens (tertiary/aromatic N) is 6. The van der Waals surface area contributed by atoms with Crippen molar-refractivity contribution in [3.8, 4) is 29.2 Å². The maximum atomic E-state index is 11.4. The Morgan fingerprint density at radius 1 is 0.333 bits per heavy atom. The molecule has 0 bridgehead atoms. The second kappa shape index (κ2) is 14.6. The third-order valence-electron chi connectivity index (χ3n) is 13.2. The van der Waals surface area contributed by atoms with Crippen molar-refractivity contribution in [2.45, 2.75) is 0 Å². The monoisotopic (exact) mass is 840 g/mol. The molecule has 0 radical (unpaired) electrons. The molecule has 0 spiro atoms. The number of hydrogen-bond acceptors (Lipinski definition) is 3. The van der Waals surface area contributed by atoms with Gasteiger partial charge in [-0.15, -0.1) is 0 Å². The maximum Gasteiger partial charge on any atom is 0.101 e. The Morgan fingerprint density at radius 3 is 1.50 bits per heavy atom. The molecule has 306 valence electrons. The third-order valence-corrected chi connectivity index (χ3v) is 13.2. The second-order valence-electron chi connectivity index (χ2n) is 16.7. The van der Waals surface area contributed by atoms with Gasteiger partial charge < -0.3 is 18.6 Å². The van der Waals surface area contributed by atoms with Gasteiger partial charge in [-0.1, -0.05) is 127 Å². The van der Waals surface area contributed by atoms with Gasteiger partial charge in [0.15, 0.2) is 0 Å². The standard InChI is InChI=1S/C60H36N6/c61-37-40-35-57(41(38-62)34-56(40)65-52-27-15-12-24-48(52)58-46-23-11-10-16-39(46)28-31-54(58)65)66-53-32-29-45(63(42-17-4-1-5-18-42)43-19-6-2-7-20-43)36-50(53)47-30-33-55-59(60(47)66)49-25-13-14-26-51(49)64(55)44-21-8-3-9-22-44/h1-36H. The van der Waals surface area contributed by atoms with Crippen molar-refractivity contribution in [2.75, 3.05) is 4.90 Å². The number of anilines is 3. The molecule has 3 aromatic heterocycles. The Balaban J connectivity index is 1.15. The highest BCUT2D eigenvalue weighted by molar-refractivity contribution is 6.27. The molecule has 0 aliphatic carbocycles. The molecule has 0 aliphatic heterocycles. The van der Waals surface area contributed by atoms with Crippen LogP contribution in [0.25, 0.3) is 93.3 Å². The molecule has 0 saturated carbocycles. The van der Waals surface area contributed by atoms with Gasteiger partial charge in [-0.2, -0.15) is 10.5 Å². The smallest absolute Gasteiger partial charge is 0.101 e. The number of benzene rings is 10. The van der Waals surface area contributed by atoms with E-state index in [9.17, 15) is 10.5 Å². The molecular weight excluding hydrogens is 805 g/mol. The van der Waals surface area contributed by atoms with E-state index in [4.69, 9.17) is 0 Å². The van der Waals surface area contributed by atoms with Crippen LogP contribution in [0.5, 0.6) is 0 Å². The molecule has 0 fully saturated rings. The topological polar surface area (TPSA) is 65.6 Å². The van der Waals surface area contributed by atoms with E-state index in [1.807, 2.05) is 36.4 Å². The SMILES string of the molecule is N#Cc1cc(-n2c3ccc(N(c4ccccc4)c4ccccc4)cc3c3ccc4c(c5ccccc5n4-c4ccccc4)c32)c(C#N)cc1-n1c2ccccc2c2c3ccccc3ccc21. The number of rotatable bonds is 6. The summed E-state index contributed by atoms with van der Waals surface area (Å²) in [6.07, 6.45) is 0. The number of para-hydroxylation sites is 5. The van der Waals surface area contributed by atoms with Crippen LogP contribution in [0.2, 0.25) is 0 Å². The average molecular weight is 841 g/mol. The molecule has 13 rings (SSSR count). The van der Waals surface area contributed by atoms with Crippen LogP contribution < -0.4 is 4.90 Å². The van der Waals surface area contributed by atoms with Gasteiger partial charge >= 0.3 is 0 Å². The minimum atomic E-state index is 0.456. The van der Waals surface area contributed by atoms with Gasteiger partial charge in [-0.25, -0.2) is 0 Å². The van der Waals surface area contributed by atoms with Gasteiger partial charge in [0.2, 0.25) is 0 Å². The molecule has 0 aliphatic rings. The molecular formula is C60H36N6. The minimum absolute atomic E-state index is 0.456. The second-order valence-corrected chi connectivity index (χ2v) is 16.7. The van der Waals surface area contributed by atoms with Crippen molar-refractivity contribution in [1.82, 2.24) is 13.7 Å². The predicted octanol–water partition coefficient (Wildman–Crippen LogP) is 15.3. The summed E-state index contributed by atoms with van der Waals surface area (Å²) in [5.41, 5.74) is 12.3. The van der Waals surface area contributed by atoms with E-state index in [1.54, 1.807) is 0 Å². The lowest BCUT2D eigenvalue weighted by atomic mass is 10.0. The summed E-state index contributed by atoms with van der Waals surface area (Å²) in [4.78, 5) is 2.28. The van der Waals surface area contributed by atoms with Gasteiger partial charge in [-0.05, 0) is 102 Å². The fourth-order valence-electron chi connectivity index (χ4n) is 10.5. The molecule has 6 nitrogen and oxygen atoms in total. The van der Waals surface area contributed by atoms with E-state index in [0.717, 1.165) is 98.9 Å². The van der Waals surface area contributed by atoms with Gasteiger partial charge in [-0.3, -0.25) is 0 Å². The van der Waals surface area contributed by atoms with E-state index in [-0.39, 0.29) is 0 Å². The van der Waals surface area contributed by atoms with Crippen molar-refractivity contribution in [3.05, 3.63) is 230 Å². The summed E-state index contributed by atoms with van der Waals surface area (Å²) < 4.78 is 6.72. The Bertz CT molecular complexity index is 4140. The van der Waals surface area contributed by atoms with Crippen molar-refractivity contribution < 1.29 is 0 Å². The zero-order valence-corrected chi connectivity index (χ0v) is 35.5. The summed E-state index contributed by atoms with van der Waals surface area (Å²) in [6, 6.07) is 81.0. The number of fused-ring (bicyclic) bond motifs is 12. The molecule has 3 heterocycles. The van der Waals surface area contributed by atoms with Gasteiger partial charge in [0.05, 0.1) is 55.6 Å². The lowest BCUT2D eigenvalue weighted by molar-refractivity contribution is 1.13. The van der Waals surface area contributed by atoms with Crippen molar-refractivity contribution in [3.63, 3.8) is 0 Å². The molecule has 6 heteroatoms. The molecule has 13 aromatic rings. The Kier molecular flexibility index (Phi) is 8.24. The van der Waals surface area contributed by atoms with Crippen molar-refractivity contribution >= 4 is 93.3 Å². The first-order valence-electron chi connectivity index (χ1n) is 22.1. The fourth-order valence-corrected chi connectivity index (χ4v) is 10.5. The maximum absolute atomic E-state index is 11.4. The lowest BCUT2D eigenvalue weighted by Gasteiger charge is -2.25. The minimum Gasteiger partial charge on any atom is -0.310 e. The first-order chi connectivity index (χ1) is 32.7. The molecule has 0 atom stereocenters. The van der Waals surface area contributed by atoms with Crippen molar-refractivity contribution in [1.29, 1.82) is 10.5 Å². The third kappa shape index (κ3) is 5.40. The lowest BCUT2D eigenvalue weighted by Crippen LogP contribution is -2.09. The Hall–Kier alpha value is -9.36. The highest BCUT2D eigenvalue weighted by Gasteiger charge is 2.26. The van der Waals surface area contributed by atoms with Crippen LogP contribution in [-0.4, -0.2) is 13.7 Å². The highest BCUT2D eigenvalue weighted by atomic mass is 15.1. The van der Waals surface area contributed by atoms with Gasteiger partial charge in [0, 0.05) is 55.1 Å². The molecule has 10 aromatic carbocycles. The van der Waals surface area contributed by atoms with Crippen LogP contribution in [0.15, 0.2) is 218 Å². The predicted molar refractivity (Wildman–Crippen MR) is 271 cm³/mol. The summed E-state index contributed by atoms with van der Waals surface area (Å²) in [6.45, 7) is 0. The van der Waals surface area contributed by atoms with Crippen molar-refractivity contribution in [2.24, 2.45) is 0 Å². The summed E-state index contributed by atoms with van der Waals surface area (Å²) in [5, 5.41) is 31.3. The largest absolute Gasteiger partial charge is 0.310 e. The first kappa shape index (κ1) is 37.2. The van der Waals surface area contributed by atoms with Crippen LogP contribution in [0.4, 0.5) is 17.1 Å². The van der Waals surface area contributed by atoms with Crippen LogP contribution in [0.3, 0.4) is 0 Å². The van der Waals surface area contributed by atoms with Crippen LogP contribution >= 0.6 is 0 Å². The quantitative estimate of drug-likeness (QED) is 0.167. The molecule has 0 unspecified atom stereocenters. The van der Waals surface area contributed by atoms with E-state index in [2.05, 4.69) is 213 Å². The van der Waals surface area contributed by atoms with Gasteiger partial charge in [0.25, 0.3) is 0 Å². The number of aromatic nitrogens is 3. The summed E-state index contributed by atoms with van der Waals surface area (Å²) in [7, 11) is 0. The summed E-state index contributed by atoms with van der Waals surface area (Å²) >= 11 is 0. The zero-order chi connectivity index (χ0) is 43.9. The van der Waals surface area contributed by atoms with E-state index < -0.39 is 0 Å². The average Bonchev–Trinajstić information content (AvgIpc) is 4.02. The van der Waals surface area contributed by atoms with E-state index >= 15 is 0 Å². The molecule has 66 heavy (non-hydrogen) atoms. The molecule has 0 amide bonds. The number of nitriles is 2. The van der Waals surface area contributed by atoms with Crippen LogP contribution in [0.1, 0.15) is 11.1 Å². The Morgan fingerprint density at radius 2 is 0.833 bits per heavy atom. The summed E-state index contributed by atoms with van der Waals surface area (Å²) in [5.74, 6) is 0. The van der Waals surface area contributed by atoms with Gasteiger partial charge in [0.1, 0.15) is 12.1 Å². The molecule has 0 N–H and O–H groups in total. The fraction of sp³-hybridized carbons (Fsp3) is 0. The molecule has 0 saturated heterocycles. The first-order valence-corrected chi connectivity index (χ1v) is 22.1. The van der Waals surface area contributed by atoms with Crippen LogP contribution in [0, 0.1) is 22.7 Å². The Labute approximate surface area is 379 Å². The normalized spacial score (nSPS) is 11.6. The number of hydrogen-bond donors (Lipinski definition) is 0. The highest BCUT2D eigenvalue weighted by Crippen LogP contribution is 2.46. The van der Waals surface area contributed by atoms with Crippen LogP contribution in [-0.2, 0) is 0 Å².